The maximum Gasteiger partial charge on any atom is 0.353 e. The molecule has 2 N–H and O–H groups in total. The van der Waals surface area contributed by atoms with Crippen LogP contribution < -0.4 is 0 Å². The Bertz CT molecular complexity index is 735. The first-order valence-corrected chi connectivity index (χ1v) is 5.90. The molecule has 6 heteroatoms. The lowest BCUT2D eigenvalue weighted by Gasteiger charge is -2.00. The average Bonchev–Trinajstić information content (AvgIpc) is 2.98. The lowest BCUT2D eigenvalue weighted by molar-refractivity contribution is 0.0690. The molecule has 3 rings (SSSR count). The molecular weight excluding hydrogens is 256 g/mol. The summed E-state index contributed by atoms with van der Waals surface area (Å²) in [4.78, 5) is 19.3. The summed E-state index contributed by atoms with van der Waals surface area (Å²) in [5.41, 5.74) is 2.12. The molecule has 0 amide bonds. The lowest BCUT2D eigenvalue weighted by atomic mass is 10.2. The molecule has 1 aromatic carbocycles. The standard InChI is InChI=1S/C14H10N4O2/c19-14(20)12-6-11(17-18-12)10-7-15-13(16-8-10)9-4-2-1-3-5-9/h1-8H,(H,17,18)(H,19,20). The Morgan fingerprint density at radius 3 is 2.35 bits per heavy atom. The molecule has 2 aromatic heterocycles. The van der Waals surface area contributed by atoms with Gasteiger partial charge in [-0.05, 0) is 6.07 Å². The van der Waals surface area contributed by atoms with Crippen LogP contribution in [0.5, 0.6) is 0 Å². The smallest absolute Gasteiger partial charge is 0.353 e. The van der Waals surface area contributed by atoms with E-state index in [1.807, 2.05) is 30.3 Å². The van der Waals surface area contributed by atoms with Gasteiger partial charge >= 0.3 is 5.97 Å². The molecule has 98 valence electrons. The lowest BCUT2D eigenvalue weighted by Crippen LogP contribution is -1.95. The average molecular weight is 266 g/mol. The van der Waals surface area contributed by atoms with Crippen molar-refractivity contribution in [3.8, 4) is 22.6 Å². The zero-order valence-electron chi connectivity index (χ0n) is 10.3. The van der Waals surface area contributed by atoms with Crippen molar-refractivity contribution >= 4 is 5.97 Å². The molecule has 2 heterocycles. The molecule has 0 atom stereocenters. The number of hydrogen-bond acceptors (Lipinski definition) is 4. The molecule has 0 radical (unpaired) electrons. The molecule has 0 aliphatic rings. The number of rotatable bonds is 3. The zero-order valence-corrected chi connectivity index (χ0v) is 10.3. The number of aromatic carboxylic acids is 1. The van der Waals surface area contributed by atoms with Crippen molar-refractivity contribution in [3.63, 3.8) is 0 Å². The molecular formula is C14H10N4O2. The number of carboxylic acids is 1. The zero-order chi connectivity index (χ0) is 13.9. The van der Waals surface area contributed by atoms with Crippen molar-refractivity contribution in [1.29, 1.82) is 0 Å². The van der Waals surface area contributed by atoms with Crippen LogP contribution in [-0.4, -0.2) is 31.2 Å². The van der Waals surface area contributed by atoms with E-state index in [9.17, 15) is 4.79 Å². The van der Waals surface area contributed by atoms with Crippen LogP contribution in [0.4, 0.5) is 0 Å². The highest BCUT2D eigenvalue weighted by molar-refractivity contribution is 5.86. The van der Waals surface area contributed by atoms with E-state index >= 15 is 0 Å². The first kappa shape index (κ1) is 12.0. The Hall–Kier alpha value is -3.02. The number of carboxylic acid groups (broad SMARTS) is 1. The minimum atomic E-state index is -1.05. The minimum Gasteiger partial charge on any atom is -0.477 e. The molecule has 0 saturated heterocycles. The van der Waals surface area contributed by atoms with Crippen LogP contribution in [0, 0.1) is 0 Å². The van der Waals surface area contributed by atoms with E-state index < -0.39 is 5.97 Å². The predicted molar refractivity (Wildman–Crippen MR) is 72.0 cm³/mol. The van der Waals surface area contributed by atoms with E-state index in [0.717, 1.165) is 5.56 Å². The van der Waals surface area contributed by atoms with Gasteiger partial charge in [-0.3, -0.25) is 5.10 Å². The molecule has 0 bridgehead atoms. The number of nitrogens with zero attached hydrogens (tertiary/aromatic N) is 3. The molecule has 0 saturated carbocycles. The van der Waals surface area contributed by atoms with Crippen molar-refractivity contribution < 1.29 is 9.90 Å². The van der Waals surface area contributed by atoms with Gasteiger partial charge < -0.3 is 5.11 Å². The van der Waals surface area contributed by atoms with Gasteiger partial charge in [-0.25, -0.2) is 14.8 Å². The number of hydrogen-bond donors (Lipinski definition) is 2. The summed E-state index contributed by atoms with van der Waals surface area (Å²) in [6, 6.07) is 11.1. The van der Waals surface area contributed by atoms with Crippen LogP contribution in [0.1, 0.15) is 10.5 Å². The van der Waals surface area contributed by atoms with Gasteiger partial charge in [0, 0.05) is 23.5 Å². The summed E-state index contributed by atoms with van der Waals surface area (Å²) in [6.45, 7) is 0. The van der Waals surface area contributed by atoms with Gasteiger partial charge in [-0.1, -0.05) is 30.3 Å². The molecule has 6 nitrogen and oxygen atoms in total. The molecule has 3 aromatic rings. The number of aromatic amines is 1. The third-order valence-corrected chi connectivity index (χ3v) is 2.79. The van der Waals surface area contributed by atoms with Gasteiger partial charge in [0.2, 0.25) is 0 Å². The highest BCUT2D eigenvalue weighted by atomic mass is 16.4. The fourth-order valence-electron chi connectivity index (χ4n) is 1.78. The van der Waals surface area contributed by atoms with Crippen LogP contribution in [0.3, 0.4) is 0 Å². The monoisotopic (exact) mass is 266 g/mol. The summed E-state index contributed by atoms with van der Waals surface area (Å²) >= 11 is 0. The van der Waals surface area contributed by atoms with Crippen LogP contribution in [0.15, 0.2) is 48.8 Å². The summed E-state index contributed by atoms with van der Waals surface area (Å²) in [7, 11) is 0. The Morgan fingerprint density at radius 1 is 1.05 bits per heavy atom. The predicted octanol–water partition coefficient (Wildman–Crippen LogP) is 2.23. The van der Waals surface area contributed by atoms with Gasteiger partial charge in [0.15, 0.2) is 5.82 Å². The molecule has 0 aliphatic carbocycles. The highest BCUT2D eigenvalue weighted by Gasteiger charge is 2.10. The SMILES string of the molecule is O=C(O)c1cc(-c2cnc(-c3ccccc3)nc2)n[nH]1. The number of benzene rings is 1. The maximum absolute atomic E-state index is 10.8. The summed E-state index contributed by atoms with van der Waals surface area (Å²) < 4.78 is 0. The number of H-pyrrole nitrogens is 1. The van der Waals surface area contributed by atoms with E-state index in [-0.39, 0.29) is 5.69 Å². The Kier molecular flexibility index (Phi) is 2.96. The second-order valence-electron chi connectivity index (χ2n) is 4.13. The van der Waals surface area contributed by atoms with Crippen LogP contribution in [0.2, 0.25) is 0 Å². The van der Waals surface area contributed by atoms with Gasteiger partial charge in [0.25, 0.3) is 0 Å². The normalized spacial score (nSPS) is 10.4. The third-order valence-electron chi connectivity index (χ3n) is 2.79. The van der Waals surface area contributed by atoms with E-state index in [2.05, 4.69) is 20.2 Å². The molecule has 0 unspecified atom stereocenters. The molecule has 0 spiro atoms. The van der Waals surface area contributed by atoms with E-state index in [0.29, 0.717) is 17.1 Å². The van der Waals surface area contributed by atoms with E-state index in [1.165, 1.54) is 6.07 Å². The highest BCUT2D eigenvalue weighted by Crippen LogP contribution is 2.19. The van der Waals surface area contributed by atoms with Gasteiger partial charge in [-0.2, -0.15) is 5.10 Å². The Morgan fingerprint density at radius 2 is 1.75 bits per heavy atom. The fraction of sp³-hybridized carbons (Fsp3) is 0. The first-order chi connectivity index (χ1) is 9.74. The van der Waals surface area contributed by atoms with Crippen molar-refractivity contribution in [2.24, 2.45) is 0 Å². The van der Waals surface area contributed by atoms with Gasteiger partial charge in [0.05, 0.1) is 5.69 Å². The topological polar surface area (TPSA) is 91.8 Å². The molecule has 0 fully saturated rings. The fourth-order valence-corrected chi connectivity index (χ4v) is 1.78. The van der Waals surface area contributed by atoms with Crippen molar-refractivity contribution in [3.05, 3.63) is 54.5 Å². The number of carbonyl (C=O) groups is 1. The maximum atomic E-state index is 10.8. The second-order valence-corrected chi connectivity index (χ2v) is 4.13. The Balaban J connectivity index is 1.91. The van der Waals surface area contributed by atoms with Crippen LogP contribution >= 0.6 is 0 Å². The van der Waals surface area contributed by atoms with Gasteiger partial charge in [0.1, 0.15) is 5.69 Å². The van der Waals surface area contributed by atoms with Gasteiger partial charge in [-0.15, -0.1) is 0 Å². The first-order valence-electron chi connectivity index (χ1n) is 5.90. The van der Waals surface area contributed by atoms with Crippen molar-refractivity contribution in [2.45, 2.75) is 0 Å². The summed E-state index contributed by atoms with van der Waals surface area (Å²) in [5.74, 6) is -0.436. The third kappa shape index (κ3) is 2.26. The van der Waals surface area contributed by atoms with Crippen molar-refractivity contribution in [1.82, 2.24) is 20.2 Å². The van der Waals surface area contributed by atoms with E-state index in [4.69, 9.17) is 5.11 Å². The minimum absolute atomic E-state index is 0.0344. The number of nitrogens with one attached hydrogen (secondary N) is 1. The Labute approximate surface area is 114 Å². The molecule has 20 heavy (non-hydrogen) atoms. The number of aromatic nitrogens is 4. The summed E-state index contributed by atoms with van der Waals surface area (Å²) in [5, 5.41) is 15.2. The second kappa shape index (κ2) is 4.93. The molecule has 0 aliphatic heterocycles. The van der Waals surface area contributed by atoms with E-state index in [1.54, 1.807) is 12.4 Å². The summed E-state index contributed by atoms with van der Waals surface area (Å²) in [6.07, 6.45) is 3.24. The van der Waals surface area contributed by atoms with Crippen LogP contribution in [0.25, 0.3) is 22.6 Å². The van der Waals surface area contributed by atoms with Crippen molar-refractivity contribution in [2.75, 3.05) is 0 Å². The quantitative estimate of drug-likeness (QED) is 0.758. The van der Waals surface area contributed by atoms with Crippen LogP contribution in [-0.2, 0) is 0 Å². The largest absolute Gasteiger partial charge is 0.477 e.